The minimum Gasteiger partial charge on any atom is -0.300 e. The lowest BCUT2D eigenvalue weighted by molar-refractivity contribution is -0.137. The highest BCUT2D eigenvalue weighted by atomic mass is 19.4. The number of ketones is 1. The minimum absolute atomic E-state index is 0.342. The van der Waals surface area contributed by atoms with Crippen molar-refractivity contribution >= 4 is 11.3 Å². The van der Waals surface area contributed by atoms with E-state index in [0.29, 0.717) is 40.5 Å². The van der Waals surface area contributed by atoms with Crippen LogP contribution in [-0.4, -0.2) is 15.4 Å². The number of alkyl halides is 3. The number of Topliss-reactive ketones (excluding diaryl/α,β-unsaturated/α-hetero) is 1. The van der Waals surface area contributed by atoms with Gasteiger partial charge in [-0.3, -0.25) is 4.79 Å². The van der Waals surface area contributed by atoms with E-state index in [0.717, 1.165) is 25.0 Å². The van der Waals surface area contributed by atoms with E-state index in [9.17, 15) is 22.4 Å². The molecular weight excluding hydrogens is 456 g/mol. The topological polar surface area (TPSA) is 34.4 Å². The van der Waals surface area contributed by atoms with E-state index in [1.807, 2.05) is 25.1 Å². The first kappa shape index (κ1) is 26.1. The smallest absolute Gasteiger partial charge is 0.300 e. The van der Waals surface area contributed by atoms with E-state index in [-0.39, 0.29) is 0 Å². The molecular formula is C28H28F4N2O. The summed E-state index contributed by atoms with van der Waals surface area (Å²) in [5, 5.41) is 4.19. The van der Waals surface area contributed by atoms with Gasteiger partial charge in [0.1, 0.15) is 11.6 Å². The molecule has 0 bridgehead atoms. The summed E-state index contributed by atoms with van der Waals surface area (Å²) in [5.74, 6) is 0.336. The molecule has 0 amide bonds. The van der Waals surface area contributed by atoms with Gasteiger partial charge in [-0.15, -0.1) is 0 Å². The van der Waals surface area contributed by atoms with Crippen LogP contribution in [0.1, 0.15) is 55.8 Å². The van der Waals surface area contributed by atoms with Crippen molar-refractivity contribution in [2.24, 2.45) is 0 Å². The Morgan fingerprint density at radius 1 is 1.03 bits per heavy atom. The van der Waals surface area contributed by atoms with Crippen LogP contribution in [0, 0.1) is 12.7 Å². The zero-order chi connectivity index (χ0) is 25.6. The molecule has 0 aliphatic carbocycles. The van der Waals surface area contributed by atoms with Crippen molar-refractivity contribution in [2.45, 2.75) is 52.1 Å². The molecule has 0 spiro atoms. The Morgan fingerprint density at radius 2 is 1.69 bits per heavy atom. The van der Waals surface area contributed by atoms with Gasteiger partial charge < -0.3 is 0 Å². The van der Waals surface area contributed by atoms with Crippen LogP contribution in [0.15, 0.2) is 72.9 Å². The first-order valence-electron chi connectivity index (χ1n) is 11.5. The van der Waals surface area contributed by atoms with E-state index in [2.05, 4.69) is 24.2 Å². The van der Waals surface area contributed by atoms with Gasteiger partial charge in [0.25, 0.3) is 0 Å². The number of fused-ring (bicyclic) bond motifs is 1. The number of pyridine rings is 1. The van der Waals surface area contributed by atoms with E-state index in [4.69, 9.17) is 0 Å². The molecule has 4 aromatic rings. The molecule has 2 aromatic carbocycles. The number of hydrogen-bond donors (Lipinski definition) is 0. The second kappa shape index (κ2) is 11.3. The predicted octanol–water partition coefficient (Wildman–Crippen LogP) is 8.02. The molecule has 35 heavy (non-hydrogen) atoms. The summed E-state index contributed by atoms with van der Waals surface area (Å²) in [6, 6.07) is 17.9. The quantitative estimate of drug-likeness (QED) is 0.260. The Balaban J connectivity index is 0.000000214. The van der Waals surface area contributed by atoms with E-state index >= 15 is 0 Å². The van der Waals surface area contributed by atoms with E-state index < -0.39 is 17.6 Å². The monoisotopic (exact) mass is 484 g/mol. The second-order valence-corrected chi connectivity index (χ2v) is 8.51. The summed E-state index contributed by atoms with van der Waals surface area (Å²) in [7, 11) is 0. The number of aromatic nitrogens is 2. The van der Waals surface area contributed by atoms with Crippen LogP contribution >= 0.6 is 0 Å². The third-order valence-corrected chi connectivity index (χ3v) is 5.70. The van der Waals surface area contributed by atoms with Crippen molar-refractivity contribution < 1.29 is 22.4 Å². The molecule has 1 atom stereocenters. The molecule has 2 aromatic heterocycles. The Hall–Kier alpha value is -3.48. The average Bonchev–Trinajstić information content (AvgIpc) is 3.15. The van der Waals surface area contributed by atoms with Gasteiger partial charge >= 0.3 is 6.18 Å². The van der Waals surface area contributed by atoms with Crippen LogP contribution in [0.25, 0.3) is 16.6 Å². The molecule has 4 rings (SSSR count). The Bertz CT molecular complexity index is 1260. The third kappa shape index (κ3) is 6.78. The molecule has 2 heterocycles. The molecule has 0 radical (unpaired) electrons. The van der Waals surface area contributed by atoms with Gasteiger partial charge in [0.05, 0.1) is 16.8 Å². The van der Waals surface area contributed by atoms with Gasteiger partial charge in [-0.2, -0.15) is 18.3 Å². The highest BCUT2D eigenvalue weighted by Gasteiger charge is 2.31. The van der Waals surface area contributed by atoms with Gasteiger partial charge in [-0.05, 0) is 54.7 Å². The molecule has 0 saturated heterocycles. The summed E-state index contributed by atoms with van der Waals surface area (Å²) < 4.78 is 52.9. The molecule has 0 N–H and O–H groups in total. The zero-order valence-electron chi connectivity index (χ0n) is 19.9. The molecule has 3 nitrogen and oxygen atoms in total. The standard InChI is InChI=1S/C15H10F4N2.C13H18O/c1-9-14(10-2-4-12(16)5-3-10)13-8-11(15(17,18)19)6-7-21(13)20-9;1-3-7-13(14)10-11(2)12-8-5-4-6-9-12/h2-8H,1H3;4-6,8-9,11H,3,7,10H2,1-2H3. The fourth-order valence-electron chi connectivity index (χ4n) is 3.94. The van der Waals surface area contributed by atoms with Crippen molar-refractivity contribution in [1.82, 2.24) is 9.61 Å². The van der Waals surface area contributed by atoms with Crippen molar-refractivity contribution in [3.05, 3.63) is 95.6 Å². The largest absolute Gasteiger partial charge is 0.416 e. The van der Waals surface area contributed by atoms with Crippen LogP contribution in [0.4, 0.5) is 17.6 Å². The lowest BCUT2D eigenvalue weighted by atomic mass is 9.94. The number of carbonyl (C=O) groups is 1. The van der Waals surface area contributed by atoms with Crippen LogP contribution in [0.2, 0.25) is 0 Å². The van der Waals surface area contributed by atoms with Gasteiger partial charge in [0.15, 0.2) is 0 Å². The van der Waals surface area contributed by atoms with Crippen molar-refractivity contribution in [2.75, 3.05) is 0 Å². The number of hydrogen-bond acceptors (Lipinski definition) is 2. The fraction of sp³-hybridized carbons (Fsp3) is 0.286. The summed E-state index contributed by atoms with van der Waals surface area (Å²) in [5.41, 5.74) is 2.65. The number of carbonyl (C=O) groups excluding carboxylic acids is 1. The van der Waals surface area contributed by atoms with E-state index in [1.54, 1.807) is 6.92 Å². The predicted molar refractivity (Wildman–Crippen MR) is 130 cm³/mol. The Morgan fingerprint density at radius 3 is 2.29 bits per heavy atom. The minimum atomic E-state index is -4.42. The molecule has 0 aliphatic rings. The number of rotatable bonds is 6. The average molecular weight is 485 g/mol. The Kier molecular flexibility index (Phi) is 8.43. The number of benzene rings is 2. The molecule has 0 aliphatic heterocycles. The van der Waals surface area contributed by atoms with E-state index in [1.165, 1.54) is 40.5 Å². The molecule has 0 saturated carbocycles. The maximum absolute atomic E-state index is 13.0. The van der Waals surface area contributed by atoms with Crippen molar-refractivity contribution in [3.63, 3.8) is 0 Å². The maximum Gasteiger partial charge on any atom is 0.416 e. The first-order chi connectivity index (χ1) is 16.6. The van der Waals surface area contributed by atoms with Gasteiger partial charge in [0, 0.05) is 24.6 Å². The summed E-state index contributed by atoms with van der Waals surface area (Å²) in [6.45, 7) is 5.87. The van der Waals surface area contributed by atoms with Crippen LogP contribution in [-0.2, 0) is 11.0 Å². The second-order valence-electron chi connectivity index (χ2n) is 8.51. The SMILES string of the molecule is CCCC(=O)CC(C)c1ccccc1.Cc1nn2ccc(C(F)(F)F)cc2c1-c1ccc(F)cc1. The van der Waals surface area contributed by atoms with Gasteiger partial charge in [-0.1, -0.05) is 56.3 Å². The van der Waals surface area contributed by atoms with Crippen molar-refractivity contribution in [1.29, 1.82) is 0 Å². The van der Waals surface area contributed by atoms with Gasteiger partial charge in [-0.25, -0.2) is 8.91 Å². The Labute approximate surface area is 202 Å². The highest BCUT2D eigenvalue weighted by molar-refractivity contribution is 5.82. The lowest BCUT2D eigenvalue weighted by Crippen LogP contribution is -2.05. The third-order valence-electron chi connectivity index (χ3n) is 5.70. The molecule has 184 valence electrons. The molecule has 1 unspecified atom stereocenters. The molecule has 0 fully saturated rings. The van der Waals surface area contributed by atoms with Gasteiger partial charge in [0.2, 0.25) is 0 Å². The number of nitrogens with zero attached hydrogens (tertiary/aromatic N) is 2. The van der Waals surface area contributed by atoms with Crippen LogP contribution < -0.4 is 0 Å². The summed E-state index contributed by atoms with van der Waals surface area (Å²) >= 11 is 0. The summed E-state index contributed by atoms with van der Waals surface area (Å²) in [4.78, 5) is 11.4. The number of halogens is 4. The maximum atomic E-state index is 13.0. The first-order valence-corrected chi connectivity index (χ1v) is 11.5. The van der Waals surface area contributed by atoms with Crippen LogP contribution in [0.5, 0.6) is 0 Å². The highest BCUT2D eigenvalue weighted by Crippen LogP contribution is 2.34. The van der Waals surface area contributed by atoms with Crippen LogP contribution in [0.3, 0.4) is 0 Å². The zero-order valence-corrected chi connectivity index (χ0v) is 19.9. The fourth-order valence-corrected chi connectivity index (χ4v) is 3.94. The normalized spacial score (nSPS) is 12.2. The van der Waals surface area contributed by atoms with Crippen molar-refractivity contribution in [3.8, 4) is 11.1 Å². The lowest BCUT2D eigenvalue weighted by Gasteiger charge is -2.10. The summed E-state index contributed by atoms with van der Waals surface area (Å²) in [6.07, 6.45) is -0.784. The number of aryl methyl sites for hydroxylation is 1. The molecule has 7 heteroatoms.